The normalized spacial score (nSPS) is 12.1. The van der Waals surface area contributed by atoms with E-state index in [4.69, 9.17) is 15.1 Å². The lowest BCUT2D eigenvalue weighted by molar-refractivity contribution is 0.0753. The fourth-order valence-corrected chi connectivity index (χ4v) is 1.51. The van der Waals surface area contributed by atoms with Crippen molar-refractivity contribution >= 4 is 15.9 Å². The molecule has 0 aliphatic rings. The van der Waals surface area contributed by atoms with Crippen molar-refractivity contribution in [3.63, 3.8) is 0 Å². The van der Waals surface area contributed by atoms with Gasteiger partial charge in [-0.15, -0.1) is 0 Å². The van der Waals surface area contributed by atoms with Gasteiger partial charge in [0, 0.05) is 16.6 Å². The number of benzene rings is 1. The van der Waals surface area contributed by atoms with Gasteiger partial charge in [-0.25, -0.2) is 4.39 Å². The predicted molar refractivity (Wildman–Crippen MR) is 60.1 cm³/mol. The molecule has 86 valence electrons. The summed E-state index contributed by atoms with van der Waals surface area (Å²) in [5.41, 5.74) is 0.212. The molecule has 1 rings (SSSR count). The van der Waals surface area contributed by atoms with E-state index in [1.165, 1.54) is 12.1 Å². The minimum absolute atomic E-state index is 0.0129. The van der Waals surface area contributed by atoms with Gasteiger partial charge >= 0.3 is 0 Å². The van der Waals surface area contributed by atoms with Gasteiger partial charge in [-0.3, -0.25) is 0 Å². The monoisotopic (exact) mass is 287 g/mol. The van der Waals surface area contributed by atoms with Gasteiger partial charge in [0.15, 0.2) is 6.10 Å². The number of halogens is 2. The van der Waals surface area contributed by atoms with Crippen LogP contribution in [0.5, 0.6) is 0 Å². The van der Waals surface area contributed by atoms with Gasteiger partial charge in [-0.05, 0) is 18.6 Å². The Balaban J connectivity index is 2.76. The maximum absolute atomic E-state index is 13.5. The number of rotatable bonds is 5. The Morgan fingerprint density at radius 3 is 2.88 bits per heavy atom. The van der Waals surface area contributed by atoms with Gasteiger partial charge in [0.05, 0.1) is 12.7 Å². The molecule has 3 nitrogen and oxygen atoms in total. The Bertz CT molecular complexity index is 392. The summed E-state index contributed by atoms with van der Waals surface area (Å²) in [6.45, 7) is 0.213. The maximum Gasteiger partial charge on any atom is 0.171 e. The highest BCUT2D eigenvalue weighted by Gasteiger charge is 2.15. The Morgan fingerprint density at radius 1 is 1.56 bits per heavy atom. The molecule has 0 aliphatic carbocycles. The van der Waals surface area contributed by atoms with Crippen molar-refractivity contribution in [3.8, 4) is 6.07 Å². The molecule has 1 aromatic rings. The number of aliphatic hydroxyl groups is 1. The second-order valence-electron chi connectivity index (χ2n) is 3.12. The number of aliphatic hydroxyl groups excluding tert-OH is 1. The fraction of sp³-hybridized carbons (Fsp3) is 0.364. The van der Waals surface area contributed by atoms with Crippen molar-refractivity contribution < 1.29 is 14.2 Å². The molecule has 1 N–H and O–H groups in total. The molecular weight excluding hydrogens is 277 g/mol. The molecule has 1 unspecified atom stereocenters. The van der Waals surface area contributed by atoms with Crippen LogP contribution >= 0.6 is 15.9 Å². The first-order valence-corrected chi connectivity index (χ1v) is 5.55. The van der Waals surface area contributed by atoms with Crippen molar-refractivity contribution in [3.05, 3.63) is 34.1 Å². The Kier molecular flexibility index (Phi) is 5.39. The second-order valence-corrected chi connectivity index (χ2v) is 4.04. The van der Waals surface area contributed by atoms with Crippen LogP contribution in [-0.2, 0) is 4.74 Å². The summed E-state index contributed by atoms with van der Waals surface area (Å²) < 4.78 is 19.3. The molecule has 5 heteroatoms. The summed E-state index contributed by atoms with van der Waals surface area (Å²) in [5, 5.41) is 17.4. The van der Waals surface area contributed by atoms with Crippen molar-refractivity contribution in [1.82, 2.24) is 0 Å². The summed E-state index contributed by atoms with van der Waals surface area (Å²) in [6.07, 6.45) is -0.504. The summed E-state index contributed by atoms with van der Waals surface area (Å²) >= 11 is 3.13. The van der Waals surface area contributed by atoms with Crippen LogP contribution in [0.15, 0.2) is 22.7 Å². The van der Waals surface area contributed by atoms with E-state index < -0.39 is 11.9 Å². The molecular formula is C11H11BrFNO2. The highest BCUT2D eigenvalue weighted by Crippen LogP contribution is 2.23. The summed E-state index contributed by atoms with van der Waals surface area (Å²) in [7, 11) is 0. The molecule has 0 heterocycles. The van der Waals surface area contributed by atoms with Gasteiger partial charge in [-0.1, -0.05) is 22.0 Å². The molecule has 0 bridgehead atoms. The number of hydrogen-bond acceptors (Lipinski definition) is 3. The van der Waals surface area contributed by atoms with Crippen molar-refractivity contribution in [2.45, 2.75) is 12.5 Å². The molecule has 0 fully saturated rings. The van der Waals surface area contributed by atoms with Crippen LogP contribution < -0.4 is 0 Å². The summed E-state index contributed by atoms with van der Waals surface area (Å²) in [6, 6.07) is 6.32. The lowest BCUT2D eigenvalue weighted by Crippen LogP contribution is -2.06. The summed E-state index contributed by atoms with van der Waals surface area (Å²) in [4.78, 5) is 0. The third-order valence-electron chi connectivity index (χ3n) is 1.95. The fourth-order valence-electron chi connectivity index (χ4n) is 1.18. The third-order valence-corrected chi connectivity index (χ3v) is 2.44. The van der Waals surface area contributed by atoms with Crippen LogP contribution in [0.4, 0.5) is 4.39 Å². The third kappa shape index (κ3) is 3.56. The average Bonchev–Trinajstić information content (AvgIpc) is 2.26. The molecule has 1 atom stereocenters. The van der Waals surface area contributed by atoms with Crippen LogP contribution in [0.2, 0.25) is 0 Å². The molecule has 16 heavy (non-hydrogen) atoms. The van der Waals surface area contributed by atoms with Gasteiger partial charge in [-0.2, -0.15) is 5.26 Å². The molecule has 0 aliphatic heterocycles. The minimum atomic E-state index is -0.931. The lowest BCUT2D eigenvalue weighted by Gasteiger charge is -2.11. The standard InChI is InChI=1S/C11H11BrFNO2/c12-8-2-3-9(10(13)6-8)11(7-14)16-5-1-4-15/h2-3,6,11,15H,1,4-5H2. The smallest absolute Gasteiger partial charge is 0.171 e. The van der Waals surface area contributed by atoms with E-state index in [-0.39, 0.29) is 18.8 Å². The largest absolute Gasteiger partial charge is 0.396 e. The molecule has 1 aromatic carbocycles. The SMILES string of the molecule is N#CC(OCCCO)c1ccc(Br)cc1F. The molecule has 0 radical (unpaired) electrons. The van der Waals surface area contributed by atoms with Crippen molar-refractivity contribution in [1.29, 1.82) is 5.26 Å². The Morgan fingerprint density at radius 2 is 2.31 bits per heavy atom. The van der Waals surface area contributed by atoms with E-state index in [2.05, 4.69) is 15.9 Å². The second kappa shape index (κ2) is 6.59. The number of ether oxygens (including phenoxy) is 1. The zero-order chi connectivity index (χ0) is 12.0. The van der Waals surface area contributed by atoms with Crippen LogP contribution in [0.3, 0.4) is 0 Å². The highest BCUT2D eigenvalue weighted by atomic mass is 79.9. The predicted octanol–water partition coefficient (Wildman–Crippen LogP) is 2.55. The van der Waals surface area contributed by atoms with E-state index in [1.807, 2.05) is 6.07 Å². The number of hydrogen-bond donors (Lipinski definition) is 1. The molecule has 0 saturated heterocycles. The topological polar surface area (TPSA) is 53.2 Å². The van der Waals surface area contributed by atoms with Gasteiger partial charge in [0.1, 0.15) is 5.82 Å². The minimum Gasteiger partial charge on any atom is -0.396 e. The van der Waals surface area contributed by atoms with Gasteiger partial charge in [0.25, 0.3) is 0 Å². The van der Waals surface area contributed by atoms with Crippen molar-refractivity contribution in [2.75, 3.05) is 13.2 Å². The molecule has 0 amide bonds. The van der Waals surface area contributed by atoms with Crippen LogP contribution in [0.1, 0.15) is 18.1 Å². The molecule has 0 saturated carbocycles. The van der Waals surface area contributed by atoms with E-state index in [0.29, 0.717) is 10.9 Å². The van der Waals surface area contributed by atoms with E-state index >= 15 is 0 Å². The van der Waals surface area contributed by atoms with E-state index in [1.54, 1.807) is 6.07 Å². The Labute approximate surface area is 102 Å². The zero-order valence-corrected chi connectivity index (χ0v) is 10.1. The lowest BCUT2D eigenvalue weighted by atomic mass is 10.1. The number of nitriles is 1. The zero-order valence-electron chi connectivity index (χ0n) is 8.49. The molecule has 0 aromatic heterocycles. The Hall–Kier alpha value is -0.960. The first-order valence-electron chi connectivity index (χ1n) is 4.76. The van der Waals surface area contributed by atoms with Gasteiger partial charge in [0.2, 0.25) is 0 Å². The first kappa shape index (κ1) is 13.1. The highest BCUT2D eigenvalue weighted by molar-refractivity contribution is 9.10. The summed E-state index contributed by atoms with van der Waals surface area (Å²) in [5.74, 6) is -0.482. The molecule has 0 spiro atoms. The van der Waals surface area contributed by atoms with Gasteiger partial charge < -0.3 is 9.84 Å². The average molecular weight is 288 g/mol. The van der Waals surface area contributed by atoms with E-state index in [9.17, 15) is 4.39 Å². The van der Waals surface area contributed by atoms with Crippen molar-refractivity contribution in [2.24, 2.45) is 0 Å². The maximum atomic E-state index is 13.5. The van der Waals surface area contributed by atoms with Crippen LogP contribution in [-0.4, -0.2) is 18.3 Å². The first-order chi connectivity index (χ1) is 7.69. The van der Waals surface area contributed by atoms with E-state index in [0.717, 1.165) is 0 Å². The number of nitrogens with zero attached hydrogens (tertiary/aromatic N) is 1. The van der Waals surface area contributed by atoms with Crippen LogP contribution in [0, 0.1) is 17.1 Å². The quantitative estimate of drug-likeness (QED) is 0.847. The van der Waals surface area contributed by atoms with Crippen LogP contribution in [0.25, 0.3) is 0 Å².